The highest BCUT2D eigenvalue weighted by Gasteiger charge is 2.10. The van der Waals surface area contributed by atoms with Crippen LogP contribution in [0.1, 0.15) is 11.3 Å². The molecule has 0 saturated heterocycles. The highest BCUT2D eigenvalue weighted by Crippen LogP contribution is 2.20. The summed E-state index contributed by atoms with van der Waals surface area (Å²) in [6, 6.07) is 10.3. The summed E-state index contributed by atoms with van der Waals surface area (Å²) >= 11 is 0. The van der Waals surface area contributed by atoms with Gasteiger partial charge in [0.25, 0.3) is 0 Å². The van der Waals surface area contributed by atoms with Gasteiger partial charge in [0.2, 0.25) is 0 Å². The number of imidazole rings is 2. The van der Waals surface area contributed by atoms with Crippen LogP contribution in [0.2, 0.25) is 0 Å². The number of rotatable bonds is 3. The summed E-state index contributed by atoms with van der Waals surface area (Å²) in [7, 11) is 3.91. The van der Waals surface area contributed by atoms with E-state index < -0.39 is 0 Å². The van der Waals surface area contributed by atoms with Crippen LogP contribution >= 0.6 is 0 Å². The van der Waals surface area contributed by atoms with Crippen molar-refractivity contribution in [1.82, 2.24) is 33.9 Å². The smallest absolute Gasteiger partial charge is 0.153 e. The Kier molecular flexibility index (Phi) is 3.15. The van der Waals surface area contributed by atoms with E-state index in [0.29, 0.717) is 0 Å². The molecule has 0 aliphatic heterocycles. The molecular formula is C19H17N7. The molecule has 7 heteroatoms. The fourth-order valence-electron chi connectivity index (χ4n) is 3.24. The Bertz CT molecular complexity index is 1240. The first-order valence-corrected chi connectivity index (χ1v) is 8.40. The van der Waals surface area contributed by atoms with E-state index in [1.807, 2.05) is 60.2 Å². The van der Waals surface area contributed by atoms with Gasteiger partial charge in [0.1, 0.15) is 0 Å². The van der Waals surface area contributed by atoms with E-state index in [1.165, 1.54) is 5.56 Å². The lowest BCUT2D eigenvalue weighted by molar-refractivity contribution is 0.768. The third-order valence-corrected chi connectivity index (χ3v) is 4.61. The van der Waals surface area contributed by atoms with Crippen LogP contribution in [0.15, 0.2) is 55.2 Å². The van der Waals surface area contributed by atoms with Crippen molar-refractivity contribution < 1.29 is 0 Å². The normalized spacial score (nSPS) is 11.6. The molecule has 5 aromatic rings. The van der Waals surface area contributed by atoms with Crippen LogP contribution < -0.4 is 0 Å². The lowest BCUT2D eigenvalue weighted by Crippen LogP contribution is -2.00. The number of hydrogen-bond donors (Lipinski definition) is 0. The van der Waals surface area contributed by atoms with Gasteiger partial charge in [0.05, 0.1) is 41.1 Å². The largest absolute Gasteiger partial charge is 0.334 e. The molecule has 26 heavy (non-hydrogen) atoms. The Balaban J connectivity index is 1.56. The van der Waals surface area contributed by atoms with Gasteiger partial charge in [-0.05, 0) is 29.8 Å². The lowest BCUT2D eigenvalue weighted by atomic mass is 10.1. The SMILES string of the molecule is Cn1cc(-c2ccc3ncc(Cc4ccc5ncn(C)c5c4)n3n2)cn1. The van der Waals surface area contributed by atoms with Crippen LogP contribution in [0.5, 0.6) is 0 Å². The summed E-state index contributed by atoms with van der Waals surface area (Å²) in [6.07, 6.45) is 8.27. The Morgan fingerprint density at radius 1 is 1.00 bits per heavy atom. The highest BCUT2D eigenvalue weighted by atomic mass is 15.3. The van der Waals surface area contributed by atoms with Crippen LogP contribution in [0.25, 0.3) is 27.9 Å². The maximum Gasteiger partial charge on any atom is 0.153 e. The summed E-state index contributed by atoms with van der Waals surface area (Å²) in [4.78, 5) is 8.87. The van der Waals surface area contributed by atoms with E-state index >= 15 is 0 Å². The summed E-state index contributed by atoms with van der Waals surface area (Å²) < 4.78 is 5.72. The summed E-state index contributed by atoms with van der Waals surface area (Å²) in [6.45, 7) is 0. The zero-order valence-corrected chi connectivity index (χ0v) is 14.5. The van der Waals surface area contributed by atoms with E-state index in [9.17, 15) is 0 Å². The first-order valence-electron chi connectivity index (χ1n) is 8.40. The van der Waals surface area contributed by atoms with Crippen LogP contribution in [0.3, 0.4) is 0 Å². The molecular weight excluding hydrogens is 326 g/mol. The first kappa shape index (κ1) is 14.8. The van der Waals surface area contributed by atoms with Crippen LogP contribution in [0.4, 0.5) is 0 Å². The minimum absolute atomic E-state index is 0.756. The van der Waals surface area contributed by atoms with Gasteiger partial charge in [-0.25, -0.2) is 14.5 Å². The van der Waals surface area contributed by atoms with Crippen LogP contribution in [0, 0.1) is 0 Å². The molecule has 0 N–H and O–H groups in total. The molecule has 0 aliphatic rings. The van der Waals surface area contributed by atoms with Crippen LogP contribution in [-0.2, 0) is 20.5 Å². The lowest BCUT2D eigenvalue weighted by Gasteiger charge is -2.04. The highest BCUT2D eigenvalue weighted by molar-refractivity contribution is 5.76. The molecule has 7 nitrogen and oxygen atoms in total. The zero-order valence-electron chi connectivity index (χ0n) is 14.5. The summed E-state index contributed by atoms with van der Waals surface area (Å²) in [5, 5.41) is 8.99. The van der Waals surface area contributed by atoms with Gasteiger partial charge in [-0.15, -0.1) is 0 Å². The van der Waals surface area contributed by atoms with Crippen molar-refractivity contribution in [1.29, 1.82) is 0 Å². The number of hydrogen-bond acceptors (Lipinski definition) is 4. The number of nitrogens with zero attached hydrogens (tertiary/aromatic N) is 7. The summed E-state index contributed by atoms with van der Waals surface area (Å²) in [5.41, 5.74) is 7.10. The van der Waals surface area contributed by atoms with E-state index in [2.05, 4.69) is 33.3 Å². The number of aromatic nitrogens is 7. The number of benzene rings is 1. The second-order valence-electron chi connectivity index (χ2n) is 6.50. The first-order chi connectivity index (χ1) is 12.7. The van der Waals surface area contributed by atoms with Gasteiger partial charge in [0.15, 0.2) is 5.65 Å². The van der Waals surface area contributed by atoms with Crippen molar-refractivity contribution in [2.24, 2.45) is 14.1 Å². The van der Waals surface area contributed by atoms with Gasteiger partial charge >= 0.3 is 0 Å². The molecule has 0 saturated carbocycles. The second kappa shape index (κ2) is 5.52. The second-order valence-corrected chi connectivity index (χ2v) is 6.50. The fraction of sp³-hybridized carbons (Fsp3) is 0.158. The van der Waals surface area contributed by atoms with Crippen molar-refractivity contribution in [2.75, 3.05) is 0 Å². The van der Waals surface area contributed by atoms with Gasteiger partial charge in [-0.2, -0.15) is 10.2 Å². The molecule has 0 fully saturated rings. The molecule has 128 valence electrons. The monoisotopic (exact) mass is 343 g/mol. The van der Waals surface area contributed by atoms with Gasteiger partial charge in [-0.3, -0.25) is 4.68 Å². The standard InChI is InChI=1S/C19H17N7/c1-24-12-21-17-4-3-13(8-18(17)24)7-15-10-20-19-6-5-16(23-26(15)19)14-9-22-25(2)11-14/h3-6,8-12H,7H2,1-2H3. The Morgan fingerprint density at radius 2 is 1.92 bits per heavy atom. The van der Waals surface area contributed by atoms with E-state index in [0.717, 1.165) is 40.1 Å². The van der Waals surface area contributed by atoms with Crippen molar-refractivity contribution in [3.05, 3.63) is 66.5 Å². The van der Waals surface area contributed by atoms with Crippen molar-refractivity contribution in [2.45, 2.75) is 6.42 Å². The minimum Gasteiger partial charge on any atom is -0.334 e. The molecule has 4 aromatic heterocycles. The quantitative estimate of drug-likeness (QED) is 0.505. The Morgan fingerprint density at radius 3 is 2.77 bits per heavy atom. The fourth-order valence-corrected chi connectivity index (χ4v) is 3.24. The van der Waals surface area contributed by atoms with E-state index in [1.54, 1.807) is 4.68 Å². The zero-order chi connectivity index (χ0) is 17.7. The third kappa shape index (κ3) is 2.36. The predicted octanol–water partition coefficient (Wildman–Crippen LogP) is 2.61. The molecule has 1 aromatic carbocycles. The van der Waals surface area contributed by atoms with E-state index in [-0.39, 0.29) is 0 Å². The number of aryl methyl sites for hydroxylation is 2. The average Bonchev–Trinajstić information content (AvgIpc) is 3.35. The minimum atomic E-state index is 0.756. The molecule has 0 atom stereocenters. The average molecular weight is 343 g/mol. The van der Waals surface area contributed by atoms with Gasteiger partial charge < -0.3 is 4.57 Å². The topological polar surface area (TPSA) is 65.8 Å². The van der Waals surface area contributed by atoms with E-state index in [4.69, 9.17) is 5.10 Å². The molecule has 0 spiro atoms. The van der Waals surface area contributed by atoms with Crippen molar-refractivity contribution in [3.63, 3.8) is 0 Å². The van der Waals surface area contributed by atoms with Crippen LogP contribution in [-0.4, -0.2) is 33.9 Å². The molecule has 0 aliphatic carbocycles. The maximum absolute atomic E-state index is 4.77. The molecule has 4 heterocycles. The molecule has 0 radical (unpaired) electrons. The molecule has 0 bridgehead atoms. The Labute approximate surface area is 149 Å². The Hall–Kier alpha value is -3.48. The van der Waals surface area contributed by atoms with Gasteiger partial charge in [-0.1, -0.05) is 6.07 Å². The molecule has 0 unspecified atom stereocenters. The summed E-state index contributed by atoms with van der Waals surface area (Å²) in [5.74, 6) is 0. The van der Waals surface area contributed by atoms with Crippen molar-refractivity contribution in [3.8, 4) is 11.3 Å². The molecule has 0 amide bonds. The van der Waals surface area contributed by atoms with Crippen molar-refractivity contribution >= 4 is 16.7 Å². The third-order valence-electron chi connectivity index (χ3n) is 4.61. The number of fused-ring (bicyclic) bond motifs is 2. The maximum atomic E-state index is 4.77. The van der Waals surface area contributed by atoms with Gasteiger partial charge in [0, 0.05) is 32.3 Å². The predicted molar refractivity (Wildman–Crippen MR) is 98.7 cm³/mol. The molecule has 5 rings (SSSR count).